The molecular weight excluding hydrogens is 224 g/mol. The highest BCUT2D eigenvalue weighted by Gasteiger charge is 2.22. The van der Waals surface area contributed by atoms with Crippen LogP contribution in [0.2, 0.25) is 0 Å². The van der Waals surface area contributed by atoms with Gasteiger partial charge in [-0.05, 0) is 0 Å². The summed E-state index contributed by atoms with van der Waals surface area (Å²) in [6.45, 7) is 7.28. The van der Waals surface area contributed by atoms with E-state index in [-0.39, 0.29) is 11.7 Å². The highest BCUT2D eigenvalue weighted by Crippen LogP contribution is 2.22. The van der Waals surface area contributed by atoms with Gasteiger partial charge in [0, 0.05) is 11.8 Å². The Morgan fingerprint density at radius 1 is 1.44 bits per heavy atom. The first-order valence-corrected chi connectivity index (χ1v) is 5.96. The standard InChI is InChI=1S/C11H16N2O2S/c1-5-7(14)8-6-12-10(16-8)13-9(15)11(2,3)4/h6H,5H2,1-4H3,(H,12,13,15). The SMILES string of the molecule is CCC(=O)c1cnc(NC(=O)C(C)(C)C)s1. The summed E-state index contributed by atoms with van der Waals surface area (Å²) in [6, 6.07) is 0. The Morgan fingerprint density at radius 2 is 2.06 bits per heavy atom. The molecular formula is C11H16N2O2S. The fourth-order valence-corrected chi connectivity index (χ4v) is 1.74. The van der Waals surface area contributed by atoms with E-state index in [2.05, 4.69) is 10.3 Å². The van der Waals surface area contributed by atoms with Gasteiger partial charge in [0.25, 0.3) is 0 Å². The number of rotatable bonds is 3. The summed E-state index contributed by atoms with van der Waals surface area (Å²) in [5.74, 6) is -0.0499. The second-order valence-electron chi connectivity index (χ2n) is 4.51. The van der Waals surface area contributed by atoms with Gasteiger partial charge >= 0.3 is 0 Å². The van der Waals surface area contributed by atoms with E-state index in [1.54, 1.807) is 6.92 Å². The minimum atomic E-state index is -0.458. The van der Waals surface area contributed by atoms with Crippen LogP contribution in [0, 0.1) is 5.41 Å². The van der Waals surface area contributed by atoms with Crippen molar-refractivity contribution in [1.29, 1.82) is 0 Å². The number of nitrogens with one attached hydrogen (secondary N) is 1. The average Bonchev–Trinajstić information content (AvgIpc) is 2.63. The van der Waals surface area contributed by atoms with Crippen molar-refractivity contribution in [3.63, 3.8) is 0 Å². The van der Waals surface area contributed by atoms with Crippen LogP contribution in [-0.4, -0.2) is 16.7 Å². The molecule has 88 valence electrons. The lowest BCUT2D eigenvalue weighted by molar-refractivity contribution is -0.123. The Hall–Kier alpha value is -1.23. The number of thiazole rings is 1. The molecule has 0 atom stereocenters. The Morgan fingerprint density at radius 3 is 2.56 bits per heavy atom. The predicted octanol–water partition coefficient (Wildman–Crippen LogP) is 2.72. The van der Waals surface area contributed by atoms with Gasteiger partial charge in [0.15, 0.2) is 10.9 Å². The largest absolute Gasteiger partial charge is 0.302 e. The smallest absolute Gasteiger partial charge is 0.231 e. The van der Waals surface area contributed by atoms with Crippen molar-refractivity contribution in [1.82, 2.24) is 4.98 Å². The molecule has 4 nitrogen and oxygen atoms in total. The normalized spacial score (nSPS) is 11.2. The van der Waals surface area contributed by atoms with E-state index in [4.69, 9.17) is 0 Å². The fraction of sp³-hybridized carbons (Fsp3) is 0.545. The van der Waals surface area contributed by atoms with Crippen molar-refractivity contribution >= 4 is 28.2 Å². The van der Waals surface area contributed by atoms with Crippen LogP contribution in [0.3, 0.4) is 0 Å². The van der Waals surface area contributed by atoms with Crippen LogP contribution < -0.4 is 5.32 Å². The van der Waals surface area contributed by atoms with Crippen LogP contribution in [-0.2, 0) is 4.79 Å². The molecule has 0 aromatic carbocycles. The van der Waals surface area contributed by atoms with Crippen molar-refractivity contribution in [3.05, 3.63) is 11.1 Å². The van der Waals surface area contributed by atoms with Gasteiger partial charge in [-0.1, -0.05) is 39.0 Å². The first-order valence-electron chi connectivity index (χ1n) is 5.15. The molecule has 0 saturated heterocycles. The summed E-state index contributed by atoms with van der Waals surface area (Å²) in [5, 5.41) is 3.18. The zero-order valence-corrected chi connectivity index (χ0v) is 10.8. The van der Waals surface area contributed by atoms with Gasteiger partial charge in [0.2, 0.25) is 5.91 Å². The number of aromatic nitrogens is 1. The van der Waals surface area contributed by atoms with E-state index in [1.165, 1.54) is 17.5 Å². The number of Topliss-reactive ketones (excluding diaryl/α,β-unsaturated/α-hetero) is 1. The van der Waals surface area contributed by atoms with Gasteiger partial charge in [-0.15, -0.1) is 0 Å². The molecule has 0 aliphatic carbocycles. The van der Waals surface area contributed by atoms with Gasteiger partial charge < -0.3 is 5.32 Å². The number of ketones is 1. The average molecular weight is 240 g/mol. The molecule has 1 heterocycles. The van der Waals surface area contributed by atoms with Gasteiger partial charge in [-0.2, -0.15) is 0 Å². The minimum Gasteiger partial charge on any atom is -0.302 e. The summed E-state index contributed by atoms with van der Waals surface area (Å²) in [7, 11) is 0. The summed E-state index contributed by atoms with van der Waals surface area (Å²) in [4.78, 5) is 27.6. The Bertz CT molecular complexity index is 404. The molecule has 0 unspecified atom stereocenters. The lowest BCUT2D eigenvalue weighted by atomic mass is 9.96. The number of carbonyl (C=O) groups excluding carboxylic acids is 2. The molecule has 16 heavy (non-hydrogen) atoms. The van der Waals surface area contributed by atoms with Crippen LogP contribution >= 0.6 is 11.3 Å². The van der Waals surface area contributed by atoms with E-state index >= 15 is 0 Å². The maximum atomic E-state index is 11.7. The van der Waals surface area contributed by atoms with Crippen molar-refractivity contribution in [2.75, 3.05) is 5.32 Å². The molecule has 1 N–H and O–H groups in total. The molecule has 0 bridgehead atoms. The molecule has 0 aliphatic heterocycles. The van der Waals surface area contributed by atoms with Crippen molar-refractivity contribution in [3.8, 4) is 0 Å². The number of amides is 1. The third-order valence-electron chi connectivity index (χ3n) is 2.00. The topological polar surface area (TPSA) is 59.1 Å². The van der Waals surface area contributed by atoms with Crippen molar-refractivity contribution in [2.24, 2.45) is 5.41 Å². The molecule has 0 saturated carbocycles. The van der Waals surface area contributed by atoms with Crippen LogP contribution in [0.15, 0.2) is 6.20 Å². The lowest BCUT2D eigenvalue weighted by Crippen LogP contribution is -2.27. The highest BCUT2D eigenvalue weighted by molar-refractivity contribution is 7.17. The lowest BCUT2D eigenvalue weighted by Gasteiger charge is -2.15. The Balaban J connectivity index is 2.73. The number of hydrogen-bond acceptors (Lipinski definition) is 4. The Kier molecular flexibility index (Phi) is 3.80. The van der Waals surface area contributed by atoms with Gasteiger partial charge in [0.1, 0.15) is 0 Å². The second-order valence-corrected chi connectivity index (χ2v) is 5.54. The van der Waals surface area contributed by atoms with Gasteiger partial charge in [0.05, 0.1) is 11.1 Å². The summed E-state index contributed by atoms with van der Waals surface area (Å²) < 4.78 is 0. The highest BCUT2D eigenvalue weighted by atomic mass is 32.1. The maximum Gasteiger partial charge on any atom is 0.231 e. The monoisotopic (exact) mass is 240 g/mol. The number of nitrogens with zero attached hydrogens (tertiary/aromatic N) is 1. The van der Waals surface area contributed by atoms with Crippen LogP contribution in [0.1, 0.15) is 43.8 Å². The summed E-state index contributed by atoms with van der Waals surface area (Å²) in [6.07, 6.45) is 1.96. The fourth-order valence-electron chi connectivity index (χ4n) is 0.920. The van der Waals surface area contributed by atoms with Crippen LogP contribution in [0.5, 0.6) is 0 Å². The van der Waals surface area contributed by atoms with Crippen LogP contribution in [0.25, 0.3) is 0 Å². The molecule has 1 aromatic rings. The quantitative estimate of drug-likeness (QED) is 0.826. The Labute approximate surface area is 99.1 Å². The maximum absolute atomic E-state index is 11.7. The van der Waals surface area contributed by atoms with Crippen molar-refractivity contribution < 1.29 is 9.59 Å². The first-order chi connectivity index (χ1) is 7.34. The first kappa shape index (κ1) is 12.8. The van der Waals surface area contributed by atoms with E-state index in [0.29, 0.717) is 16.4 Å². The zero-order chi connectivity index (χ0) is 12.3. The van der Waals surface area contributed by atoms with Crippen molar-refractivity contribution in [2.45, 2.75) is 34.1 Å². The molecule has 0 spiro atoms. The van der Waals surface area contributed by atoms with Crippen LogP contribution in [0.4, 0.5) is 5.13 Å². The number of carbonyl (C=O) groups is 2. The molecule has 1 aromatic heterocycles. The molecule has 1 rings (SSSR count). The summed E-state index contributed by atoms with van der Waals surface area (Å²) in [5.41, 5.74) is -0.458. The molecule has 0 radical (unpaired) electrons. The van der Waals surface area contributed by atoms with E-state index < -0.39 is 5.41 Å². The van der Waals surface area contributed by atoms with Gasteiger partial charge in [-0.25, -0.2) is 4.98 Å². The molecule has 5 heteroatoms. The molecule has 1 amide bonds. The van der Waals surface area contributed by atoms with Gasteiger partial charge in [-0.3, -0.25) is 9.59 Å². The third-order valence-corrected chi connectivity index (χ3v) is 2.96. The van der Waals surface area contributed by atoms with E-state index in [9.17, 15) is 9.59 Å². The van der Waals surface area contributed by atoms with E-state index in [0.717, 1.165) is 0 Å². The summed E-state index contributed by atoms with van der Waals surface area (Å²) >= 11 is 1.22. The second kappa shape index (κ2) is 4.74. The minimum absolute atomic E-state index is 0.0498. The molecule has 0 aliphatic rings. The molecule has 0 fully saturated rings. The third kappa shape index (κ3) is 3.13. The predicted molar refractivity (Wildman–Crippen MR) is 64.8 cm³/mol. The number of hydrogen-bond donors (Lipinski definition) is 1. The zero-order valence-electron chi connectivity index (χ0n) is 9.96. The van der Waals surface area contributed by atoms with E-state index in [1.807, 2.05) is 20.8 Å². The number of anilines is 1.